The minimum atomic E-state index is -2.95. The van der Waals surface area contributed by atoms with E-state index < -0.39 is 23.0 Å². The molecular formula is C22H28ClF2NO3. The van der Waals surface area contributed by atoms with Crippen LogP contribution in [0.1, 0.15) is 49.7 Å². The van der Waals surface area contributed by atoms with Crippen LogP contribution in [0.5, 0.6) is 11.5 Å². The van der Waals surface area contributed by atoms with Gasteiger partial charge in [0.1, 0.15) is 0 Å². The van der Waals surface area contributed by atoms with Crippen LogP contribution in [0, 0.1) is 5.92 Å². The number of aliphatic hydroxyl groups is 1. The molecular weight excluding hydrogens is 400 g/mol. The molecule has 3 aliphatic carbocycles. The topological polar surface area (TPSA) is 41.9 Å². The van der Waals surface area contributed by atoms with Gasteiger partial charge in [-0.15, -0.1) is 12.4 Å². The Balaban J connectivity index is 0.00000181. The van der Waals surface area contributed by atoms with Crippen LogP contribution < -0.4 is 9.47 Å². The van der Waals surface area contributed by atoms with E-state index in [1.807, 2.05) is 12.1 Å². The number of halogens is 3. The second-order valence-corrected chi connectivity index (χ2v) is 9.55. The SMILES string of the molecule is COc1ccc2c3c1OC1C(F)(F)CC[C@@]4(O)[C@@H](C2)N(CC2CCC2)CC[C@]314.Cl. The monoisotopic (exact) mass is 427 g/mol. The Hall–Kier alpha value is -1.11. The highest BCUT2D eigenvalue weighted by molar-refractivity contribution is 5.85. The van der Waals surface area contributed by atoms with Crippen LogP contribution in [-0.2, 0) is 11.8 Å². The lowest BCUT2D eigenvalue weighted by Crippen LogP contribution is -2.78. The summed E-state index contributed by atoms with van der Waals surface area (Å²) in [5, 5.41) is 12.1. The Kier molecular flexibility index (Phi) is 4.24. The average Bonchev–Trinajstić information content (AvgIpc) is 2.99. The Morgan fingerprint density at radius 2 is 2.03 bits per heavy atom. The van der Waals surface area contributed by atoms with E-state index >= 15 is 8.78 Å². The third kappa shape index (κ3) is 2.26. The van der Waals surface area contributed by atoms with Gasteiger partial charge in [0.05, 0.1) is 18.1 Å². The number of alkyl halides is 2. The minimum Gasteiger partial charge on any atom is -0.493 e. The smallest absolute Gasteiger partial charge is 0.285 e. The Bertz CT molecular complexity index is 848. The third-order valence-electron chi connectivity index (χ3n) is 8.47. The zero-order chi connectivity index (χ0) is 19.3. The third-order valence-corrected chi connectivity index (χ3v) is 8.47. The molecule has 1 aromatic carbocycles. The Labute approximate surface area is 176 Å². The van der Waals surface area contributed by atoms with Gasteiger partial charge in [0.15, 0.2) is 17.6 Å². The summed E-state index contributed by atoms with van der Waals surface area (Å²) in [6.07, 6.45) is 3.47. The second kappa shape index (κ2) is 6.21. The van der Waals surface area contributed by atoms with E-state index in [4.69, 9.17) is 9.47 Å². The van der Waals surface area contributed by atoms with Crippen molar-refractivity contribution >= 4 is 12.4 Å². The Morgan fingerprint density at radius 1 is 1.24 bits per heavy atom. The van der Waals surface area contributed by atoms with Gasteiger partial charge in [-0.25, -0.2) is 8.78 Å². The number of rotatable bonds is 3. The lowest BCUT2D eigenvalue weighted by molar-refractivity contribution is -0.249. The molecule has 0 amide bonds. The molecule has 1 saturated heterocycles. The van der Waals surface area contributed by atoms with Crippen molar-refractivity contribution in [2.45, 2.75) is 74.0 Å². The maximum atomic E-state index is 15.1. The van der Waals surface area contributed by atoms with Gasteiger partial charge in [0.25, 0.3) is 5.92 Å². The second-order valence-electron chi connectivity index (χ2n) is 9.55. The molecule has 2 saturated carbocycles. The van der Waals surface area contributed by atoms with E-state index in [1.165, 1.54) is 19.3 Å². The maximum Gasteiger partial charge on any atom is 0.285 e. The highest BCUT2D eigenvalue weighted by Crippen LogP contribution is 2.67. The van der Waals surface area contributed by atoms with E-state index in [-0.39, 0.29) is 31.3 Å². The largest absolute Gasteiger partial charge is 0.493 e. The molecule has 0 radical (unpaired) electrons. The van der Waals surface area contributed by atoms with Crippen LogP contribution >= 0.6 is 12.4 Å². The molecule has 5 aliphatic rings. The molecule has 2 heterocycles. The molecule has 0 aromatic heterocycles. The lowest BCUT2D eigenvalue weighted by atomic mass is 9.48. The van der Waals surface area contributed by atoms with Gasteiger partial charge in [-0.05, 0) is 56.2 Å². The molecule has 1 aromatic rings. The quantitative estimate of drug-likeness (QED) is 0.798. The highest BCUT2D eigenvalue weighted by atomic mass is 35.5. The van der Waals surface area contributed by atoms with Crippen LogP contribution in [0.15, 0.2) is 12.1 Å². The summed E-state index contributed by atoms with van der Waals surface area (Å²) >= 11 is 0. The number of likely N-dealkylation sites (tertiary alicyclic amines) is 1. The average molecular weight is 428 g/mol. The zero-order valence-corrected chi connectivity index (χ0v) is 17.4. The van der Waals surface area contributed by atoms with E-state index in [0.717, 1.165) is 24.2 Å². The van der Waals surface area contributed by atoms with E-state index in [0.29, 0.717) is 30.3 Å². The summed E-state index contributed by atoms with van der Waals surface area (Å²) in [6, 6.07) is 3.71. The van der Waals surface area contributed by atoms with E-state index in [9.17, 15) is 5.11 Å². The predicted molar refractivity (Wildman–Crippen MR) is 106 cm³/mol. The van der Waals surface area contributed by atoms with Gasteiger partial charge in [-0.1, -0.05) is 12.5 Å². The highest BCUT2D eigenvalue weighted by Gasteiger charge is 2.77. The molecule has 160 valence electrons. The minimum absolute atomic E-state index is 0. The fourth-order valence-electron chi connectivity index (χ4n) is 6.94. The molecule has 1 N–H and O–H groups in total. The number of piperidine rings is 1. The summed E-state index contributed by atoms with van der Waals surface area (Å²) in [5.41, 5.74) is -0.360. The van der Waals surface area contributed by atoms with Gasteiger partial charge in [0, 0.05) is 24.6 Å². The molecule has 1 spiro atoms. The number of benzene rings is 1. The molecule has 2 bridgehead atoms. The standard InChI is InChI=1S/C22H27F2NO3.ClH/c1-27-15-6-5-14-11-16-21(26)7-8-22(23,24)19-20(21,17(14)18(15)28-19)9-10-25(16)12-13-3-2-4-13;/h5-6,13,16,19,26H,2-4,7-12H2,1H3;1H/t16-,19?,20+,21-;/m1./s1. The molecule has 1 unspecified atom stereocenters. The maximum absolute atomic E-state index is 15.1. The first kappa shape index (κ1) is 19.8. The zero-order valence-electron chi connectivity index (χ0n) is 16.6. The van der Waals surface area contributed by atoms with Crippen LogP contribution in [-0.4, -0.2) is 53.9 Å². The van der Waals surface area contributed by atoms with Crippen molar-refractivity contribution < 1.29 is 23.4 Å². The normalized spacial score (nSPS) is 39.0. The predicted octanol–water partition coefficient (Wildman–Crippen LogP) is 3.71. The van der Waals surface area contributed by atoms with Crippen molar-refractivity contribution in [2.24, 2.45) is 5.92 Å². The van der Waals surface area contributed by atoms with Gasteiger partial charge >= 0.3 is 0 Å². The summed E-state index contributed by atoms with van der Waals surface area (Å²) in [7, 11) is 1.54. The van der Waals surface area contributed by atoms with Crippen LogP contribution in [0.3, 0.4) is 0 Å². The van der Waals surface area contributed by atoms with Crippen molar-refractivity contribution in [3.8, 4) is 11.5 Å². The van der Waals surface area contributed by atoms with Crippen LogP contribution in [0.2, 0.25) is 0 Å². The summed E-state index contributed by atoms with van der Waals surface area (Å²) in [5.74, 6) is -1.33. The van der Waals surface area contributed by atoms with Crippen molar-refractivity contribution in [1.82, 2.24) is 4.90 Å². The summed E-state index contributed by atoms with van der Waals surface area (Å²) in [6.45, 7) is 1.72. The van der Waals surface area contributed by atoms with E-state index in [2.05, 4.69) is 4.90 Å². The number of methoxy groups -OCH3 is 1. The first-order chi connectivity index (χ1) is 13.4. The molecule has 29 heavy (non-hydrogen) atoms. The fraction of sp³-hybridized carbons (Fsp3) is 0.727. The number of ether oxygens (including phenoxy) is 2. The van der Waals surface area contributed by atoms with Crippen molar-refractivity contribution in [3.05, 3.63) is 23.3 Å². The van der Waals surface area contributed by atoms with Gasteiger partial charge in [-0.3, -0.25) is 4.90 Å². The van der Waals surface area contributed by atoms with E-state index in [1.54, 1.807) is 7.11 Å². The lowest BCUT2D eigenvalue weighted by Gasteiger charge is -2.64. The number of hydrogen-bond donors (Lipinski definition) is 1. The van der Waals surface area contributed by atoms with Crippen molar-refractivity contribution in [1.29, 1.82) is 0 Å². The van der Waals surface area contributed by atoms with Crippen LogP contribution in [0.4, 0.5) is 8.78 Å². The Morgan fingerprint density at radius 3 is 2.72 bits per heavy atom. The molecule has 7 heteroatoms. The number of nitrogens with zero attached hydrogens (tertiary/aromatic N) is 1. The molecule has 2 aliphatic heterocycles. The summed E-state index contributed by atoms with van der Waals surface area (Å²) < 4.78 is 41.7. The van der Waals surface area contributed by atoms with Gasteiger partial charge in [-0.2, -0.15) is 0 Å². The molecule has 4 nitrogen and oxygen atoms in total. The number of hydrogen-bond acceptors (Lipinski definition) is 4. The summed E-state index contributed by atoms with van der Waals surface area (Å²) in [4.78, 5) is 2.40. The van der Waals surface area contributed by atoms with Crippen molar-refractivity contribution in [3.63, 3.8) is 0 Å². The fourth-order valence-corrected chi connectivity index (χ4v) is 6.94. The van der Waals surface area contributed by atoms with Gasteiger partial charge in [0.2, 0.25) is 0 Å². The first-order valence-corrected chi connectivity index (χ1v) is 10.6. The first-order valence-electron chi connectivity index (χ1n) is 10.6. The van der Waals surface area contributed by atoms with Crippen molar-refractivity contribution in [2.75, 3.05) is 20.2 Å². The van der Waals surface area contributed by atoms with Gasteiger partial charge < -0.3 is 14.6 Å². The molecule has 6 rings (SSSR count). The van der Waals surface area contributed by atoms with Crippen LogP contribution in [0.25, 0.3) is 0 Å². The molecule has 3 fully saturated rings. The molecule has 4 atom stereocenters.